The van der Waals surface area contributed by atoms with E-state index >= 15 is 0 Å². The van der Waals surface area contributed by atoms with E-state index in [1.165, 1.54) is 11.2 Å². The number of rotatable bonds is 7. The fourth-order valence-electron chi connectivity index (χ4n) is 3.82. The number of halogens is 4. The first-order chi connectivity index (χ1) is 15.5. The van der Waals surface area contributed by atoms with Crippen molar-refractivity contribution in [2.45, 2.75) is 44.4 Å². The van der Waals surface area contributed by atoms with Crippen LogP contribution in [0.4, 0.5) is 24.8 Å². The van der Waals surface area contributed by atoms with Crippen LogP contribution in [0, 0.1) is 0 Å². The molecule has 0 unspecified atom stereocenters. The number of allylic oxidation sites excluding steroid dienone is 3. The zero-order chi connectivity index (χ0) is 24.2. The molecule has 13 heteroatoms. The van der Waals surface area contributed by atoms with Crippen molar-refractivity contribution in [3.8, 4) is 0 Å². The van der Waals surface area contributed by atoms with Gasteiger partial charge in [-0.05, 0) is 25.0 Å². The number of alkyl halides is 3. The van der Waals surface area contributed by atoms with E-state index in [1.54, 1.807) is 13.0 Å². The summed E-state index contributed by atoms with van der Waals surface area (Å²) in [6.07, 6.45) is 0.656. The maximum absolute atomic E-state index is 12.7. The summed E-state index contributed by atoms with van der Waals surface area (Å²) >= 11 is 6.14. The fraction of sp³-hybridized carbons (Fsp3) is 0.500. The second kappa shape index (κ2) is 9.96. The molecule has 0 aliphatic carbocycles. The van der Waals surface area contributed by atoms with E-state index in [-0.39, 0.29) is 42.1 Å². The average molecular weight is 488 g/mol. The van der Waals surface area contributed by atoms with E-state index in [0.29, 0.717) is 36.2 Å². The zero-order valence-electron chi connectivity index (χ0n) is 17.9. The highest BCUT2D eigenvalue weighted by molar-refractivity contribution is 6.35. The van der Waals surface area contributed by atoms with Gasteiger partial charge in [0.25, 0.3) is 5.91 Å². The summed E-state index contributed by atoms with van der Waals surface area (Å²) in [5, 5.41) is 9.22. The van der Waals surface area contributed by atoms with Gasteiger partial charge in [0.05, 0.1) is 6.54 Å². The lowest BCUT2D eigenvalue weighted by Gasteiger charge is -2.39. The molecule has 3 heterocycles. The van der Waals surface area contributed by atoms with Gasteiger partial charge in [-0.1, -0.05) is 11.6 Å². The first kappa shape index (κ1) is 24.8. The first-order valence-electron chi connectivity index (χ1n) is 10.3. The van der Waals surface area contributed by atoms with Gasteiger partial charge in [-0.3, -0.25) is 9.69 Å². The highest BCUT2D eigenvalue weighted by Crippen LogP contribution is 2.30. The van der Waals surface area contributed by atoms with Crippen LogP contribution in [0.5, 0.6) is 0 Å². The van der Waals surface area contributed by atoms with Crippen molar-refractivity contribution in [2.24, 2.45) is 0 Å². The minimum absolute atomic E-state index is 0.0922. The number of likely N-dealkylation sites (tertiary alicyclic amines) is 1. The second-order valence-corrected chi connectivity index (χ2v) is 8.41. The Bertz CT molecular complexity index is 973. The monoisotopic (exact) mass is 487 g/mol. The molecule has 1 aromatic heterocycles. The van der Waals surface area contributed by atoms with Gasteiger partial charge in [0, 0.05) is 38.0 Å². The molecule has 0 saturated carbocycles. The molecule has 0 atom stereocenters. The van der Waals surface area contributed by atoms with Crippen LogP contribution in [-0.4, -0.2) is 58.5 Å². The summed E-state index contributed by atoms with van der Waals surface area (Å²) < 4.78 is 38.0. The van der Waals surface area contributed by atoms with Crippen molar-refractivity contribution in [3.05, 3.63) is 34.4 Å². The molecule has 180 valence electrons. The quantitative estimate of drug-likeness (QED) is 0.341. The van der Waals surface area contributed by atoms with Gasteiger partial charge in [0.1, 0.15) is 34.8 Å². The predicted molar refractivity (Wildman–Crippen MR) is 117 cm³/mol. The third-order valence-electron chi connectivity index (χ3n) is 5.47. The standard InChI is InChI=1S/C20H25ClF3N7O2/c1-12(9-13(3-2-8-32)28-17-14(21)16(25)26-11-27-17)15-18(33)30-19(29-15)4-6-31(7-5-19)10-20(22,23)24/h8-9,11,29H,2-7,10H2,1H3,(H,30,33)(H3,25,26,27,28)/b13-9+,15-12-. The molecule has 33 heavy (non-hydrogen) atoms. The van der Waals surface area contributed by atoms with Crippen molar-refractivity contribution < 1.29 is 22.8 Å². The number of carbonyl (C=O) groups is 2. The molecular weight excluding hydrogens is 463 g/mol. The van der Waals surface area contributed by atoms with Gasteiger partial charge < -0.3 is 26.5 Å². The summed E-state index contributed by atoms with van der Waals surface area (Å²) in [6, 6.07) is 0. The van der Waals surface area contributed by atoms with Gasteiger partial charge in [0.2, 0.25) is 0 Å². The Morgan fingerprint density at radius 2 is 2.03 bits per heavy atom. The van der Waals surface area contributed by atoms with E-state index in [4.69, 9.17) is 17.3 Å². The van der Waals surface area contributed by atoms with Crippen molar-refractivity contribution in [1.29, 1.82) is 0 Å². The van der Waals surface area contributed by atoms with Gasteiger partial charge in [-0.25, -0.2) is 9.97 Å². The number of aldehydes is 1. The van der Waals surface area contributed by atoms with Gasteiger partial charge in [-0.15, -0.1) is 0 Å². The number of aromatic nitrogens is 2. The summed E-state index contributed by atoms with van der Waals surface area (Å²) in [6.45, 7) is 1.16. The molecule has 1 amide bonds. The summed E-state index contributed by atoms with van der Waals surface area (Å²) in [7, 11) is 0. The van der Waals surface area contributed by atoms with E-state index in [2.05, 4.69) is 25.9 Å². The molecular formula is C20H25ClF3N7O2. The number of carbonyl (C=O) groups excluding carboxylic acids is 2. The molecule has 9 nitrogen and oxygen atoms in total. The number of nitrogens with zero attached hydrogens (tertiary/aromatic N) is 3. The van der Waals surface area contributed by atoms with Gasteiger partial charge >= 0.3 is 6.18 Å². The van der Waals surface area contributed by atoms with E-state index in [0.717, 1.165) is 6.29 Å². The van der Waals surface area contributed by atoms with E-state index in [9.17, 15) is 22.8 Å². The largest absolute Gasteiger partial charge is 0.401 e. The maximum atomic E-state index is 12.7. The van der Waals surface area contributed by atoms with Crippen molar-refractivity contribution in [2.75, 3.05) is 30.7 Å². The minimum atomic E-state index is -4.26. The topological polar surface area (TPSA) is 125 Å². The van der Waals surface area contributed by atoms with Crippen molar-refractivity contribution in [3.63, 3.8) is 0 Å². The number of anilines is 2. The second-order valence-electron chi connectivity index (χ2n) is 8.03. The Labute approximate surface area is 193 Å². The van der Waals surface area contributed by atoms with E-state index in [1.807, 2.05) is 0 Å². The van der Waals surface area contributed by atoms with Crippen LogP contribution in [0.25, 0.3) is 0 Å². The zero-order valence-corrected chi connectivity index (χ0v) is 18.7. The SMILES string of the molecule is CC(/C=C(\CCC=O)Nc1ncnc(N)c1Cl)=C1/NC2(CCN(CC(F)(F)F)CC2)NC1=O. The molecule has 0 bridgehead atoms. The third kappa shape index (κ3) is 6.35. The Hall–Kier alpha value is -2.86. The van der Waals surface area contributed by atoms with Crippen LogP contribution in [0.1, 0.15) is 32.6 Å². The Balaban J connectivity index is 1.77. The van der Waals surface area contributed by atoms with Gasteiger partial charge in [0.15, 0.2) is 5.82 Å². The number of piperidine rings is 1. The lowest BCUT2D eigenvalue weighted by molar-refractivity contribution is -0.149. The molecule has 2 aliphatic rings. The number of hydrogen-bond donors (Lipinski definition) is 4. The predicted octanol–water partition coefficient (Wildman–Crippen LogP) is 2.33. The van der Waals surface area contributed by atoms with Crippen molar-refractivity contribution >= 4 is 35.4 Å². The molecule has 0 radical (unpaired) electrons. The molecule has 1 aromatic rings. The van der Waals surface area contributed by atoms with Crippen LogP contribution in [0.15, 0.2) is 29.4 Å². The summed E-state index contributed by atoms with van der Waals surface area (Å²) in [5.41, 5.74) is 6.38. The molecule has 2 saturated heterocycles. The number of nitrogens with two attached hydrogens (primary N) is 1. The highest BCUT2D eigenvalue weighted by Gasteiger charge is 2.44. The molecule has 2 fully saturated rings. The van der Waals surface area contributed by atoms with Crippen LogP contribution in [-0.2, 0) is 9.59 Å². The smallest absolute Gasteiger partial charge is 0.382 e. The van der Waals surface area contributed by atoms with Crippen molar-refractivity contribution in [1.82, 2.24) is 25.5 Å². The number of nitrogens with one attached hydrogen (secondary N) is 3. The normalized spacial score (nSPS) is 20.4. The summed E-state index contributed by atoms with van der Waals surface area (Å²) in [4.78, 5) is 32.7. The average Bonchev–Trinajstić information content (AvgIpc) is 3.06. The fourth-order valence-corrected chi connectivity index (χ4v) is 3.97. The van der Waals surface area contributed by atoms with E-state index < -0.39 is 18.4 Å². The third-order valence-corrected chi connectivity index (χ3v) is 5.84. The Kier molecular flexibility index (Phi) is 7.48. The summed E-state index contributed by atoms with van der Waals surface area (Å²) in [5.74, 6) is 0.0122. The maximum Gasteiger partial charge on any atom is 0.401 e. The van der Waals surface area contributed by atoms with Crippen LogP contribution in [0.2, 0.25) is 5.02 Å². The Morgan fingerprint density at radius 3 is 2.67 bits per heavy atom. The highest BCUT2D eigenvalue weighted by atomic mass is 35.5. The minimum Gasteiger partial charge on any atom is -0.382 e. The Morgan fingerprint density at radius 1 is 1.33 bits per heavy atom. The van der Waals surface area contributed by atoms with Crippen LogP contribution >= 0.6 is 11.6 Å². The number of nitrogen functional groups attached to an aromatic ring is 1. The van der Waals surface area contributed by atoms with Crippen LogP contribution < -0.4 is 21.7 Å². The molecule has 3 rings (SSSR count). The van der Waals surface area contributed by atoms with Crippen LogP contribution in [0.3, 0.4) is 0 Å². The lowest BCUT2D eigenvalue weighted by atomic mass is 9.97. The molecule has 1 spiro atoms. The lowest BCUT2D eigenvalue weighted by Crippen LogP contribution is -2.57. The molecule has 5 N–H and O–H groups in total. The first-order valence-corrected chi connectivity index (χ1v) is 10.7. The molecule has 0 aromatic carbocycles. The number of hydrogen-bond acceptors (Lipinski definition) is 8. The van der Waals surface area contributed by atoms with Gasteiger partial charge in [-0.2, -0.15) is 13.2 Å². The molecule has 2 aliphatic heterocycles. The number of amides is 1.